The third-order valence-corrected chi connectivity index (χ3v) is 2.54. The molecule has 90 valence electrons. The number of ether oxygens (including phenoxy) is 1. The topological polar surface area (TPSA) is 38.3 Å². The van der Waals surface area contributed by atoms with Crippen molar-refractivity contribution in [3.05, 3.63) is 33.4 Å². The maximum absolute atomic E-state index is 11.0. The SMILES string of the molecule is CCOC(=O)CNCc1ccc(I)cc1.Cl. The molecule has 0 bridgehead atoms. The molecule has 5 heteroatoms. The number of carbonyl (C=O) groups is 1. The van der Waals surface area contributed by atoms with Crippen LogP contribution in [0.3, 0.4) is 0 Å². The smallest absolute Gasteiger partial charge is 0.319 e. The maximum Gasteiger partial charge on any atom is 0.319 e. The van der Waals surface area contributed by atoms with Crippen LogP contribution in [0.1, 0.15) is 12.5 Å². The Morgan fingerprint density at radius 1 is 1.38 bits per heavy atom. The molecule has 1 N–H and O–H groups in total. The summed E-state index contributed by atoms with van der Waals surface area (Å²) in [7, 11) is 0. The normalized spacial score (nSPS) is 9.38. The number of hydrogen-bond donors (Lipinski definition) is 1. The average Bonchev–Trinajstić information content (AvgIpc) is 2.21. The van der Waals surface area contributed by atoms with Crippen LogP contribution in [-0.4, -0.2) is 19.1 Å². The highest BCUT2D eigenvalue weighted by atomic mass is 127. The van der Waals surface area contributed by atoms with Gasteiger partial charge in [0.05, 0.1) is 13.2 Å². The zero-order chi connectivity index (χ0) is 11.1. The lowest BCUT2D eigenvalue weighted by atomic mass is 10.2. The molecule has 0 heterocycles. The Hall–Kier alpha value is -0.330. The highest BCUT2D eigenvalue weighted by Gasteiger charge is 2.00. The first-order valence-electron chi connectivity index (χ1n) is 4.83. The van der Waals surface area contributed by atoms with Gasteiger partial charge in [-0.25, -0.2) is 0 Å². The molecule has 0 amide bonds. The summed E-state index contributed by atoms with van der Waals surface area (Å²) in [5, 5.41) is 3.03. The average molecular weight is 356 g/mol. The van der Waals surface area contributed by atoms with Crippen molar-refractivity contribution in [1.29, 1.82) is 0 Å². The van der Waals surface area contributed by atoms with Crippen LogP contribution in [0.2, 0.25) is 0 Å². The second-order valence-electron chi connectivity index (χ2n) is 3.04. The summed E-state index contributed by atoms with van der Waals surface area (Å²) in [6.45, 7) is 3.19. The number of hydrogen-bond acceptors (Lipinski definition) is 3. The first kappa shape index (κ1) is 15.7. The van der Waals surface area contributed by atoms with E-state index in [0.717, 1.165) is 0 Å². The van der Waals surface area contributed by atoms with Crippen molar-refractivity contribution in [3.8, 4) is 0 Å². The van der Waals surface area contributed by atoms with Crippen LogP contribution in [0.15, 0.2) is 24.3 Å². The predicted octanol–water partition coefficient (Wildman–Crippen LogP) is 2.37. The summed E-state index contributed by atoms with van der Waals surface area (Å²) in [6, 6.07) is 8.17. The highest BCUT2D eigenvalue weighted by molar-refractivity contribution is 14.1. The Bertz CT molecular complexity index is 316. The maximum atomic E-state index is 11.0. The third kappa shape index (κ3) is 6.30. The van der Waals surface area contributed by atoms with Crippen molar-refractivity contribution in [3.63, 3.8) is 0 Å². The van der Waals surface area contributed by atoms with E-state index in [-0.39, 0.29) is 24.9 Å². The molecule has 3 nitrogen and oxygen atoms in total. The number of carbonyl (C=O) groups excluding carboxylic acids is 1. The van der Waals surface area contributed by atoms with Crippen molar-refractivity contribution in [2.45, 2.75) is 13.5 Å². The molecular formula is C11H15ClINO2. The summed E-state index contributed by atoms with van der Waals surface area (Å²) < 4.78 is 6.01. The fourth-order valence-corrected chi connectivity index (χ4v) is 1.48. The lowest BCUT2D eigenvalue weighted by molar-refractivity contribution is -0.142. The Balaban J connectivity index is 0.00000225. The number of rotatable bonds is 5. The monoisotopic (exact) mass is 355 g/mol. The van der Waals surface area contributed by atoms with Gasteiger partial charge >= 0.3 is 5.97 Å². The number of benzene rings is 1. The quantitative estimate of drug-likeness (QED) is 0.651. The number of esters is 1. The molecule has 0 spiro atoms. The van der Waals surface area contributed by atoms with Gasteiger partial charge in [0.25, 0.3) is 0 Å². The van der Waals surface area contributed by atoms with E-state index in [1.54, 1.807) is 6.92 Å². The van der Waals surface area contributed by atoms with Crippen LogP contribution < -0.4 is 5.32 Å². The summed E-state index contributed by atoms with van der Waals surface area (Å²) in [5.74, 6) is -0.206. The second kappa shape index (κ2) is 8.78. The van der Waals surface area contributed by atoms with E-state index in [1.807, 2.05) is 24.3 Å². The fraction of sp³-hybridized carbons (Fsp3) is 0.364. The standard InChI is InChI=1S/C11H14INO2.ClH/c1-2-15-11(14)8-13-7-9-3-5-10(12)6-4-9;/h3-6,13H,2,7-8H2,1H3;1H. The van der Waals surface area contributed by atoms with Crippen LogP contribution in [-0.2, 0) is 16.1 Å². The van der Waals surface area contributed by atoms with Crippen LogP contribution in [0, 0.1) is 3.57 Å². The van der Waals surface area contributed by atoms with Crippen LogP contribution in [0.25, 0.3) is 0 Å². The molecule has 1 rings (SSSR count). The minimum Gasteiger partial charge on any atom is -0.465 e. The first-order chi connectivity index (χ1) is 7.22. The van der Waals surface area contributed by atoms with Gasteiger partial charge in [-0.2, -0.15) is 0 Å². The van der Waals surface area contributed by atoms with Gasteiger partial charge in [0.2, 0.25) is 0 Å². The zero-order valence-corrected chi connectivity index (χ0v) is 12.0. The highest BCUT2D eigenvalue weighted by Crippen LogP contribution is 2.06. The lowest BCUT2D eigenvalue weighted by Gasteiger charge is -2.04. The lowest BCUT2D eigenvalue weighted by Crippen LogP contribution is -2.24. The molecule has 1 aromatic rings. The van der Waals surface area contributed by atoms with E-state index in [2.05, 4.69) is 27.9 Å². The Labute approximate surface area is 115 Å². The number of halogens is 2. The largest absolute Gasteiger partial charge is 0.465 e. The van der Waals surface area contributed by atoms with Crippen molar-refractivity contribution >= 4 is 41.0 Å². The first-order valence-corrected chi connectivity index (χ1v) is 5.91. The Morgan fingerprint density at radius 2 is 2.00 bits per heavy atom. The molecule has 0 aliphatic carbocycles. The van der Waals surface area contributed by atoms with Gasteiger partial charge in [-0.3, -0.25) is 4.79 Å². The molecule has 16 heavy (non-hydrogen) atoms. The van der Waals surface area contributed by atoms with E-state index in [0.29, 0.717) is 13.2 Å². The van der Waals surface area contributed by atoms with Gasteiger partial charge in [0.15, 0.2) is 0 Å². The molecule has 0 fully saturated rings. The molecule has 0 unspecified atom stereocenters. The molecule has 0 saturated carbocycles. The van der Waals surface area contributed by atoms with E-state index in [4.69, 9.17) is 4.74 Å². The van der Waals surface area contributed by atoms with Gasteiger partial charge in [0.1, 0.15) is 0 Å². The number of nitrogens with one attached hydrogen (secondary N) is 1. The van der Waals surface area contributed by atoms with E-state index in [9.17, 15) is 4.79 Å². The van der Waals surface area contributed by atoms with Crippen molar-refractivity contribution in [2.24, 2.45) is 0 Å². The summed E-state index contributed by atoms with van der Waals surface area (Å²) in [5.41, 5.74) is 1.17. The zero-order valence-electron chi connectivity index (χ0n) is 9.03. The summed E-state index contributed by atoms with van der Waals surface area (Å²) in [6.07, 6.45) is 0. The predicted molar refractivity (Wildman–Crippen MR) is 74.7 cm³/mol. The summed E-state index contributed by atoms with van der Waals surface area (Å²) in [4.78, 5) is 11.0. The van der Waals surface area contributed by atoms with Crippen molar-refractivity contribution in [1.82, 2.24) is 5.32 Å². The minimum absolute atomic E-state index is 0. The molecule has 1 aromatic carbocycles. The van der Waals surface area contributed by atoms with E-state index in [1.165, 1.54) is 9.13 Å². The van der Waals surface area contributed by atoms with Crippen molar-refractivity contribution < 1.29 is 9.53 Å². The van der Waals surface area contributed by atoms with Gasteiger partial charge in [-0.15, -0.1) is 12.4 Å². The van der Waals surface area contributed by atoms with Gasteiger partial charge < -0.3 is 10.1 Å². The third-order valence-electron chi connectivity index (χ3n) is 1.82. The van der Waals surface area contributed by atoms with Gasteiger partial charge in [0, 0.05) is 10.1 Å². The Morgan fingerprint density at radius 3 is 2.56 bits per heavy atom. The van der Waals surface area contributed by atoms with Crippen molar-refractivity contribution in [2.75, 3.05) is 13.2 Å². The summed E-state index contributed by atoms with van der Waals surface area (Å²) >= 11 is 2.26. The van der Waals surface area contributed by atoms with Crippen LogP contribution in [0.4, 0.5) is 0 Å². The molecular weight excluding hydrogens is 340 g/mol. The Kier molecular flexibility index (Phi) is 8.60. The second-order valence-corrected chi connectivity index (χ2v) is 4.28. The molecule has 0 atom stereocenters. The van der Waals surface area contributed by atoms with Gasteiger partial charge in [-0.05, 0) is 47.2 Å². The van der Waals surface area contributed by atoms with E-state index < -0.39 is 0 Å². The molecule has 0 aromatic heterocycles. The minimum atomic E-state index is -0.206. The fourth-order valence-electron chi connectivity index (χ4n) is 1.12. The molecule has 0 radical (unpaired) electrons. The molecule has 0 saturated heterocycles. The van der Waals surface area contributed by atoms with Gasteiger partial charge in [-0.1, -0.05) is 12.1 Å². The van der Waals surface area contributed by atoms with Crippen LogP contribution in [0.5, 0.6) is 0 Å². The molecule has 0 aliphatic heterocycles. The van der Waals surface area contributed by atoms with Crippen LogP contribution >= 0.6 is 35.0 Å². The van der Waals surface area contributed by atoms with E-state index >= 15 is 0 Å². The molecule has 0 aliphatic rings.